The Balaban J connectivity index is 1.64. The molecule has 2 heterocycles. The smallest absolute Gasteiger partial charge is 0.410 e. The summed E-state index contributed by atoms with van der Waals surface area (Å²) in [6.07, 6.45) is 2.73. The van der Waals surface area contributed by atoms with Gasteiger partial charge in [-0.15, -0.1) is 0 Å². The lowest BCUT2D eigenvalue weighted by atomic mass is 9.90. The molecule has 1 N–H and O–H groups in total. The highest BCUT2D eigenvalue weighted by molar-refractivity contribution is 6.05. The molecule has 8 heteroatoms. The molecular weight excluding hydrogens is 468 g/mol. The summed E-state index contributed by atoms with van der Waals surface area (Å²) in [5.41, 5.74) is 4.61. The first-order valence-corrected chi connectivity index (χ1v) is 12.6. The number of carbonyl (C=O) groups excluding carboxylic acids is 2. The average Bonchev–Trinajstić information content (AvgIpc) is 3.31. The van der Waals surface area contributed by atoms with E-state index < -0.39 is 5.60 Å². The van der Waals surface area contributed by atoms with Gasteiger partial charge in [0.25, 0.3) is 5.91 Å². The summed E-state index contributed by atoms with van der Waals surface area (Å²) in [5, 5.41) is 7.72. The molecule has 0 spiro atoms. The molecule has 8 nitrogen and oxygen atoms in total. The number of piperidine rings is 1. The highest BCUT2D eigenvalue weighted by atomic mass is 16.6. The highest BCUT2D eigenvalue weighted by Gasteiger charge is 2.32. The van der Waals surface area contributed by atoms with Crippen LogP contribution in [0, 0.1) is 13.8 Å². The number of carbonyl (C=O) groups is 2. The van der Waals surface area contributed by atoms with E-state index in [9.17, 15) is 9.59 Å². The van der Waals surface area contributed by atoms with Crippen LogP contribution in [0.25, 0.3) is 5.69 Å². The monoisotopic (exact) mass is 504 g/mol. The number of amides is 2. The van der Waals surface area contributed by atoms with Gasteiger partial charge in [0.15, 0.2) is 0 Å². The van der Waals surface area contributed by atoms with Crippen LogP contribution in [-0.4, -0.2) is 52.5 Å². The van der Waals surface area contributed by atoms with E-state index in [1.807, 2.05) is 81.8 Å². The Labute approximate surface area is 218 Å². The summed E-state index contributed by atoms with van der Waals surface area (Å²) >= 11 is 0. The average molecular weight is 505 g/mol. The molecule has 37 heavy (non-hydrogen) atoms. The Bertz CT molecular complexity index is 1270. The highest BCUT2D eigenvalue weighted by Crippen LogP contribution is 2.33. The minimum absolute atomic E-state index is 0.0441. The number of aromatic nitrogens is 2. The largest absolute Gasteiger partial charge is 0.497 e. The van der Waals surface area contributed by atoms with Gasteiger partial charge in [-0.3, -0.25) is 4.79 Å². The van der Waals surface area contributed by atoms with Crippen molar-refractivity contribution in [2.45, 2.75) is 59.0 Å². The molecule has 3 aromatic rings. The van der Waals surface area contributed by atoms with Gasteiger partial charge in [0.05, 0.1) is 30.3 Å². The summed E-state index contributed by atoms with van der Waals surface area (Å²) in [5.74, 6) is 0.594. The fraction of sp³-hybridized carbons (Fsp3) is 0.414. The molecule has 1 saturated heterocycles. The lowest BCUT2D eigenvalue weighted by Gasteiger charge is -2.34. The zero-order valence-electron chi connectivity index (χ0n) is 22.5. The predicted molar refractivity (Wildman–Crippen MR) is 144 cm³/mol. The van der Waals surface area contributed by atoms with Gasteiger partial charge >= 0.3 is 6.09 Å². The van der Waals surface area contributed by atoms with Crippen LogP contribution >= 0.6 is 0 Å². The number of methoxy groups -OCH3 is 1. The standard InChI is InChI=1S/C29H36N4O4/c1-19-8-7-9-25(20(19)2)31-27(34)24-18-30-33(22-10-12-23(36-6)13-11-22)26(24)21-14-16-32(17-15-21)28(35)37-29(3,4)5/h7-13,18,21H,14-17H2,1-6H3,(H,31,34). The van der Waals surface area contributed by atoms with Crippen LogP contribution in [0.15, 0.2) is 48.7 Å². The van der Waals surface area contributed by atoms with Gasteiger partial charge in [-0.05, 0) is 88.9 Å². The van der Waals surface area contributed by atoms with E-state index in [4.69, 9.17) is 9.47 Å². The molecule has 0 aliphatic carbocycles. The number of hydrogen-bond acceptors (Lipinski definition) is 5. The van der Waals surface area contributed by atoms with Crippen molar-refractivity contribution in [3.63, 3.8) is 0 Å². The van der Waals surface area contributed by atoms with Crippen molar-refractivity contribution < 1.29 is 19.1 Å². The molecule has 0 radical (unpaired) electrons. The second-order valence-electron chi connectivity index (χ2n) is 10.5. The summed E-state index contributed by atoms with van der Waals surface area (Å²) in [7, 11) is 1.63. The zero-order chi connectivity index (χ0) is 26.7. The maximum Gasteiger partial charge on any atom is 0.410 e. The van der Waals surface area contributed by atoms with Crippen molar-refractivity contribution in [2.75, 3.05) is 25.5 Å². The number of nitrogens with one attached hydrogen (secondary N) is 1. The minimum Gasteiger partial charge on any atom is -0.497 e. The van der Waals surface area contributed by atoms with E-state index in [1.54, 1.807) is 18.2 Å². The number of nitrogens with zero attached hydrogens (tertiary/aromatic N) is 3. The number of likely N-dealkylation sites (tertiary alicyclic amines) is 1. The van der Waals surface area contributed by atoms with Gasteiger partial charge in [0.2, 0.25) is 0 Å². The van der Waals surface area contributed by atoms with Crippen LogP contribution < -0.4 is 10.1 Å². The van der Waals surface area contributed by atoms with Crippen molar-refractivity contribution in [1.82, 2.24) is 14.7 Å². The second kappa shape index (κ2) is 10.7. The molecule has 0 unspecified atom stereocenters. The normalized spacial score (nSPS) is 14.4. The minimum atomic E-state index is -0.542. The quantitative estimate of drug-likeness (QED) is 0.470. The molecule has 0 atom stereocenters. The van der Waals surface area contributed by atoms with Crippen LogP contribution in [0.4, 0.5) is 10.5 Å². The Kier molecular flexibility index (Phi) is 7.57. The molecule has 4 rings (SSSR count). The van der Waals surface area contributed by atoms with Gasteiger partial charge < -0.3 is 19.7 Å². The first kappa shape index (κ1) is 26.3. The number of rotatable bonds is 5. The Morgan fingerprint density at radius 1 is 1.03 bits per heavy atom. The second-order valence-corrected chi connectivity index (χ2v) is 10.5. The molecule has 1 aliphatic heterocycles. The molecular formula is C29H36N4O4. The SMILES string of the molecule is COc1ccc(-n2ncc(C(=O)Nc3cccc(C)c3C)c2C2CCN(C(=O)OC(C)(C)C)CC2)cc1. The van der Waals surface area contributed by atoms with E-state index in [-0.39, 0.29) is 17.9 Å². The van der Waals surface area contributed by atoms with Crippen molar-refractivity contribution in [2.24, 2.45) is 0 Å². The molecule has 196 valence electrons. The summed E-state index contributed by atoms with van der Waals surface area (Å²) in [6.45, 7) is 10.7. The van der Waals surface area contributed by atoms with Gasteiger partial charge in [-0.2, -0.15) is 5.10 Å². The maximum absolute atomic E-state index is 13.5. The first-order chi connectivity index (χ1) is 17.6. The van der Waals surface area contributed by atoms with E-state index in [0.717, 1.165) is 33.9 Å². The lowest BCUT2D eigenvalue weighted by Crippen LogP contribution is -2.41. The van der Waals surface area contributed by atoms with E-state index in [1.165, 1.54) is 0 Å². The molecule has 1 aromatic heterocycles. The van der Waals surface area contributed by atoms with Gasteiger partial charge in [-0.25, -0.2) is 9.48 Å². The molecule has 1 aliphatic rings. The van der Waals surface area contributed by atoms with Crippen LogP contribution in [-0.2, 0) is 4.74 Å². The number of aryl methyl sites for hydroxylation is 1. The van der Waals surface area contributed by atoms with Crippen LogP contribution in [0.3, 0.4) is 0 Å². The molecule has 2 aromatic carbocycles. The van der Waals surface area contributed by atoms with Gasteiger partial charge in [0, 0.05) is 24.7 Å². The summed E-state index contributed by atoms with van der Waals surface area (Å²) < 4.78 is 12.7. The summed E-state index contributed by atoms with van der Waals surface area (Å²) in [4.78, 5) is 27.9. The Morgan fingerprint density at radius 2 is 1.70 bits per heavy atom. The van der Waals surface area contributed by atoms with Crippen molar-refractivity contribution in [3.05, 3.63) is 71.0 Å². The number of benzene rings is 2. The van der Waals surface area contributed by atoms with Crippen molar-refractivity contribution >= 4 is 17.7 Å². The maximum atomic E-state index is 13.5. The Hall–Kier alpha value is -3.81. The number of hydrogen-bond donors (Lipinski definition) is 1. The third-order valence-electron chi connectivity index (χ3n) is 6.75. The topological polar surface area (TPSA) is 85.7 Å². The van der Waals surface area contributed by atoms with Crippen LogP contribution in [0.2, 0.25) is 0 Å². The first-order valence-electron chi connectivity index (χ1n) is 12.6. The molecule has 1 fully saturated rings. The lowest BCUT2D eigenvalue weighted by molar-refractivity contribution is 0.0203. The van der Waals surface area contributed by atoms with Crippen molar-refractivity contribution in [1.29, 1.82) is 0 Å². The van der Waals surface area contributed by atoms with E-state index >= 15 is 0 Å². The third-order valence-corrected chi connectivity index (χ3v) is 6.75. The van der Waals surface area contributed by atoms with E-state index in [0.29, 0.717) is 31.5 Å². The zero-order valence-corrected chi connectivity index (χ0v) is 22.5. The van der Waals surface area contributed by atoms with Crippen LogP contribution in [0.5, 0.6) is 5.75 Å². The van der Waals surface area contributed by atoms with E-state index in [2.05, 4.69) is 10.4 Å². The fourth-order valence-electron chi connectivity index (χ4n) is 4.59. The fourth-order valence-corrected chi connectivity index (χ4v) is 4.59. The number of anilines is 1. The molecule has 0 bridgehead atoms. The summed E-state index contributed by atoms with van der Waals surface area (Å²) in [6, 6.07) is 13.5. The number of ether oxygens (including phenoxy) is 2. The van der Waals surface area contributed by atoms with Crippen LogP contribution in [0.1, 0.15) is 66.7 Å². The predicted octanol–water partition coefficient (Wildman–Crippen LogP) is 5.86. The van der Waals surface area contributed by atoms with Gasteiger partial charge in [-0.1, -0.05) is 12.1 Å². The Morgan fingerprint density at radius 3 is 2.32 bits per heavy atom. The van der Waals surface area contributed by atoms with Gasteiger partial charge in [0.1, 0.15) is 11.4 Å². The van der Waals surface area contributed by atoms with Crippen molar-refractivity contribution in [3.8, 4) is 11.4 Å². The molecule has 2 amide bonds. The molecule has 0 saturated carbocycles. The third kappa shape index (κ3) is 5.96.